The number of aromatic nitrogens is 2. The Morgan fingerprint density at radius 1 is 1.19 bits per heavy atom. The molecule has 0 bridgehead atoms. The molecule has 3 aromatic rings. The Balaban J connectivity index is 1.71. The molecule has 27 heavy (non-hydrogen) atoms. The number of ether oxygens (including phenoxy) is 1. The lowest BCUT2D eigenvalue weighted by atomic mass is 10.1. The van der Waals surface area contributed by atoms with E-state index in [0.29, 0.717) is 22.6 Å². The largest absolute Gasteiger partial charge is 0.489 e. The molecule has 0 spiro atoms. The van der Waals surface area contributed by atoms with Gasteiger partial charge in [-0.15, -0.1) is 0 Å². The van der Waals surface area contributed by atoms with Crippen LogP contribution >= 0.6 is 0 Å². The predicted octanol–water partition coefficient (Wildman–Crippen LogP) is 4.65. The average molecular weight is 364 g/mol. The van der Waals surface area contributed by atoms with E-state index >= 15 is 0 Å². The summed E-state index contributed by atoms with van der Waals surface area (Å²) in [4.78, 5) is 12.5. The molecule has 0 atom stereocenters. The normalized spacial score (nSPS) is 11.1. The Hall–Kier alpha value is -3.21. The highest BCUT2D eigenvalue weighted by Gasteiger charge is 2.14. The van der Waals surface area contributed by atoms with E-state index in [0.717, 1.165) is 11.3 Å². The van der Waals surface area contributed by atoms with Crippen molar-refractivity contribution in [2.45, 2.75) is 20.5 Å². The lowest BCUT2D eigenvalue weighted by Crippen LogP contribution is -1.99. The lowest BCUT2D eigenvalue weighted by molar-refractivity contribution is 0.104. The third kappa shape index (κ3) is 4.31. The maximum atomic E-state index is 13.7. The Kier molecular flexibility index (Phi) is 5.50. The molecule has 0 unspecified atom stereocenters. The van der Waals surface area contributed by atoms with Gasteiger partial charge in [-0.3, -0.25) is 9.48 Å². The first-order valence-electron chi connectivity index (χ1n) is 8.64. The molecule has 0 fully saturated rings. The van der Waals surface area contributed by atoms with Crippen LogP contribution in [0.2, 0.25) is 0 Å². The number of ketones is 1. The summed E-state index contributed by atoms with van der Waals surface area (Å²) in [5, 5.41) is 4.27. The summed E-state index contributed by atoms with van der Waals surface area (Å²) in [6, 6.07) is 13.8. The number of hydrogen-bond acceptors (Lipinski definition) is 3. The highest BCUT2D eigenvalue weighted by Crippen LogP contribution is 2.18. The molecule has 0 aliphatic heterocycles. The van der Waals surface area contributed by atoms with E-state index in [1.54, 1.807) is 35.0 Å². The van der Waals surface area contributed by atoms with E-state index in [2.05, 4.69) is 5.10 Å². The molecule has 0 N–H and O–H groups in total. The Bertz CT molecular complexity index is 1010. The van der Waals surface area contributed by atoms with Crippen LogP contribution < -0.4 is 4.74 Å². The van der Waals surface area contributed by atoms with Crippen molar-refractivity contribution in [3.05, 3.63) is 88.5 Å². The maximum Gasteiger partial charge on any atom is 0.189 e. The third-order valence-electron chi connectivity index (χ3n) is 4.39. The van der Waals surface area contributed by atoms with Crippen LogP contribution in [0.25, 0.3) is 6.08 Å². The van der Waals surface area contributed by atoms with Crippen molar-refractivity contribution < 1.29 is 13.9 Å². The molecule has 5 heteroatoms. The zero-order valence-electron chi connectivity index (χ0n) is 15.6. The fraction of sp³-hybridized carbons (Fsp3) is 0.182. The Labute approximate surface area is 157 Å². The molecule has 1 aromatic heterocycles. The number of carbonyl (C=O) groups excluding carboxylic acids is 1. The quantitative estimate of drug-likeness (QED) is 0.472. The van der Waals surface area contributed by atoms with E-state index in [1.165, 1.54) is 12.1 Å². The van der Waals surface area contributed by atoms with Gasteiger partial charge in [0.25, 0.3) is 0 Å². The SMILES string of the molecule is Cc1nn(C)c(C)c1C(=O)/C=C/c1cccc(OCc2ccccc2F)c1. The Morgan fingerprint density at radius 2 is 1.96 bits per heavy atom. The second-order valence-electron chi connectivity index (χ2n) is 6.32. The van der Waals surface area contributed by atoms with Gasteiger partial charge in [-0.2, -0.15) is 5.10 Å². The van der Waals surface area contributed by atoms with Gasteiger partial charge in [-0.25, -0.2) is 4.39 Å². The predicted molar refractivity (Wildman–Crippen MR) is 103 cm³/mol. The number of halogens is 1. The second kappa shape index (κ2) is 7.99. The molecule has 0 aliphatic carbocycles. The van der Waals surface area contributed by atoms with Crippen molar-refractivity contribution in [1.82, 2.24) is 9.78 Å². The summed E-state index contributed by atoms with van der Waals surface area (Å²) in [6.45, 7) is 3.84. The van der Waals surface area contributed by atoms with E-state index in [-0.39, 0.29) is 18.2 Å². The minimum absolute atomic E-state index is 0.0872. The van der Waals surface area contributed by atoms with Gasteiger partial charge in [0.05, 0.1) is 11.3 Å². The molecule has 138 valence electrons. The molecule has 2 aromatic carbocycles. The first-order chi connectivity index (χ1) is 13.0. The highest BCUT2D eigenvalue weighted by molar-refractivity contribution is 6.08. The third-order valence-corrected chi connectivity index (χ3v) is 4.39. The standard InChI is InChI=1S/C22H21FN2O2/c1-15-22(16(2)25(3)24-15)21(26)12-11-17-7-6-9-19(13-17)27-14-18-8-4-5-10-20(18)23/h4-13H,14H2,1-3H3/b12-11+. The molecule has 0 amide bonds. The van der Waals surface area contributed by atoms with Crippen LogP contribution in [0, 0.1) is 19.7 Å². The molecular weight excluding hydrogens is 343 g/mol. The highest BCUT2D eigenvalue weighted by atomic mass is 19.1. The molecule has 0 saturated carbocycles. The number of hydrogen-bond donors (Lipinski definition) is 0. The van der Waals surface area contributed by atoms with Crippen LogP contribution in [0.1, 0.15) is 32.9 Å². The average Bonchev–Trinajstić information content (AvgIpc) is 2.91. The Morgan fingerprint density at radius 3 is 2.67 bits per heavy atom. The maximum absolute atomic E-state index is 13.7. The van der Waals surface area contributed by atoms with Crippen molar-refractivity contribution in [2.24, 2.45) is 7.05 Å². The fourth-order valence-corrected chi connectivity index (χ4v) is 2.87. The smallest absolute Gasteiger partial charge is 0.189 e. The molecular formula is C22H21FN2O2. The monoisotopic (exact) mass is 364 g/mol. The van der Waals surface area contributed by atoms with E-state index in [9.17, 15) is 9.18 Å². The van der Waals surface area contributed by atoms with Gasteiger partial charge in [0.2, 0.25) is 0 Å². The molecule has 0 radical (unpaired) electrons. The first kappa shape index (κ1) is 18.6. The van der Waals surface area contributed by atoms with Gasteiger partial charge >= 0.3 is 0 Å². The fourth-order valence-electron chi connectivity index (χ4n) is 2.87. The summed E-state index contributed by atoms with van der Waals surface area (Å²) >= 11 is 0. The topological polar surface area (TPSA) is 44.1 Å². The van der Waals surface area contributed by atoms with E-state index in [1.807, 2.05) is 39.1 Å². The van der Waals surface area contributed by atoms with Gasteiger partial charge in [0, 0.05) is 18.3 Å². The van der Waals surface area contributed by atoms with Crippen molar-refractivity contribution in [1.29, 1.82) is 0 Å². The zero-order valence-corrected chi connectivity index (χ0v) is 15.6. The summed E-state index contributed by atoms with van der Waals surface area (Å²) < 4.78 is 21.1. The number of allylic oxidation sites excluding steroid dienone is 1. The van der Waals surface area contributed by atoms with Gasteiger partial charge in [-0.05, 0) is 43.7 Å². The van der Waals surface area contributed by atoms with Crippen LogP contribution in [0.15, 0.2) is 54.6 Å². The van der Waals surface area contributed by atoms with Crippen molar-refractivity contribution in [3.8, 4) is 5.75 Å². The van der Waals surface area contributed by atoms with Crippen molar-refractivity contribution in [2.75, 3.05) is 0 Å². The summed E-state index contributed by atoms with van der Waals surface area (Å²) in [7, 11) is 1.82. The van der Waals surface area contributed by atoms with Gasteiger partial charge < -0.3 is 4.74 Å². The van der Waals surface area contributed by atoms with Gasteiger partial charge in [0.15, 0.2) is 5.78 Å². The van der Waals surface area contributed by atoms with Crippen molar-refractivity contribution >= 4 is 11.9 Å². The van der Waals surface area contributed by atoms with E-state index in [4.69, 9.17) is 4.74 Å². The molecule has 0 saturated heterocycles. The molecule has 4 nitrogen and oxygen atoms in total. The zero-order chi connectivity index (χ0) is 19.4. The molecule has 0 aliphatic rings. The van der Waals surface area contributed by atoms with Gasteiger partial charge in [0.1, 0.15) is 18.2 Å². The summed E-state index contributed by atoms with van der Waals surface area (Å²) in [6.07, 6.45) is 3.27. The number of rotatable bonds is 6. The van der Waals surface area contributed by atoms with Gasteiger partial charge in [-0.1, -0.05) is 36.4 Å². The first-order valence-corrected chi connectivity index (χ1v) is 8.64. The van der Waals surface area contributed by atoms with Crippen LogP contribution in [0.4, 0.5) is 4.39 Å². The minimum atomic E-state index is -0.290. The molecule has 1 heterocycles. The minimum Gasteiger partial charge on any atom is -0.489 e. The lowest BCUT2D eigenvalue weighted by Gasteiger charge is -2.07. The summed E-state index contributed by atoms with van der Waals surface area (Å²) in [5.74, 6) is 0.235. The second-order valence-corrected chi connectivity index (χ2v) is 6.32. The number of nitrogens with zero attached hydrogens (tertiary/aromatic N) is 2. The van der Waals surface area contributed by atoms with Crippen LogP contribution in [0.5, 0.6) is 5.75 Å². The number of carbonyl (C=O) groups is 1. The summed E-state index contributed by atoms with van der Waals surface area (Å²) in [5.41, 5.74) is 3.50. The van der Waals surface area contributed by atoms with Crippen LogP contribution in [-0.4, -0.2) is 15.6 Å². The van der Waals surface area contributed by atoms with Crippen LogP contribution in [0.3, 0.4) is 0 Å². The van der Waals surface area contributed by atoms with Crippen LogP contribution in [-0.2, 0) is 13.7 Å². The molecule has 3 rings (SSSR count). The number of benzene rings is 2. The van der Waals surface area contributed by atoms with Crippen molar-refractivity contribution in [3.63, 3.8) is 0 Å². The number of aryl methyl sites for hydroxylation is 2. The van der Waals surface area contributed by atoms with E-state index < -0.39 is 0 Å².